The van der Waals surface area contributed by atoms with Crippen LogP contribution >= 0.6 is 23.2 Å². The van der Waals surface area contributed by atoms with Crippen molar-refractivity contribution in [1.82, 2.24) is 9.80 Å². The highest BCUT2D eigenvalue weighted by atomic mass is 35.5. The van der Waals surface area contributed by atoms with E-state index in [4.69, 9.17) is 61.1 Å². The van der Waals surface area contributed by atoms with Gasteiger partial charge in [0.1, 0.15) is 94.9 Å². The van der Waals surface area contributed by atoms with E-state index in [1.54, 1.807) is 48.5 Å². The molecule has 0 saturated carbocycles. The van der Waals surface area contributed by atoms with Gasteiger partial charge >= 0.3 is 23.9 Å². The second kappa shape index (κ2) is 30.3. The lowest BCUT2D eigenvalue weighted by Crippen LogP contribution is -2.51. The molecule has 0 aliphatic carbocycles. The van der Waals surface area contributed by atoms with Crippen LogP contribution in [0, 0.1) is 11.8 Å². The molecule has 9 aromatic rings. The molecule has 3 atom stereocenters. The van der Waals surface area contributed by atoms with Crippen LogP contribution in [0.2, 0.25) is 0 Å². The minimum Gasteiger partial charge on any atom is -0.461 e. The van der Waals surface area contributed by atoms with Crippen LogP contribution in [0.15, 0.2) is 133 Å². The van der Waals surface area contributed by atoms with Gasteiger partial charge in [0, 0.05) is 43.1 Å². The lowest BCUT2D eigenvalue weighted by Gasteiger charge is -2.36. The number of ether oxygens (including phenoxy) is 8. The molecule has 18 nitrogen and oxygen atoms in total. The first kappa shape index (κ1) is 73.2. The van der Waals surface area contributed by atoms with E-state index in [0.717, 1.165) is 32.1 Å². The molecule has 0 spiro atoms. The number of benzene rings is 9. The fraction of sp³-hybridized carbons (Fsp3) is 0.341. The third kappa shape index (κ3) is 14.7. The molecule has 2 aliphatic rings. The number of nitrogens with zero attached hydrogens (tertiary/aromatic N) is 2. The van der Waals surface area contributed by atoms with Crippen molar-refractivity contribution in [3.8, 4) is 46.0 Å². The van der Waals surface area contributed by atoms with E-state index < -0.39 is 84.8 Å². The average Bonchev–Trinajstić information content (AvgIpc) is 0.673. The topological polar surface area (TPSA) is 217 Å². The Morgan fingerprint density at radius 3 is 0.833 bits per heavy atom. The quantitative estimate of drug-likeness (QED) is 0.00651. The number of carbonyl (C=O) groups is 8. The number of alkyl halides is 1. The van der Waals surface area contributed by atoms with Gasteiger partial charge in [0.25, 0.3) is 23.6 Å². The molecule has 3 unspecified atom stereocenters. The summed E-state index contributed by atoms with van der Waals surface area (Å²) in [4.78, 5) is 121. The molecular weight excluding hydrogens is 1340 g/mol. The molecule has 0 fully saturated rings. The number of hydrogen-bond donors (Lipinski definition) is 0. The SMILES string of the molecule is C=C(Cl)C(=O)OCCOC(=O)C(CC(C)C)N1C(=O)c2cc(Oc3ccc(C(C)C)cc3)c3c4c(Oc5ccc(C(C)C)cc5)cc5c6c(cc(Oc7ccc(C(C)C)cc7)c(c7c(Oc8ccc(C(C)C)cc8)cc(c2c37)C1=O)c64)C(=O)N(C(CC(C)C)C(=O)OCCOC(=O)C(C)Cl)C5=O. The van der Waals surface area contributed by atoms with Gasteiger partial charge in [-0.3, -0.25) is 33.8 Å². The molecule has 102 heavy (non-hydrogen) atoms. The lowest BCUT2D eigenvalue weighted by atomic mass is 9.80. The summed E-state index contributed by atoms with van der Waals surface area (Å²) < 4.78 is 50.7. The van der Waals surface area contributed by atoms with Gasteiger partial charge in [-0.15, -0.1) is 11.6 Å². The standard InChI is InChI=1S/C82H82Cl2N2O16/c1-41(2)35-61(81(93)97-33-31-95-79(91)47(13)83)85-75(87)57-37-63(99-53-23-15-49(16-24-53)43(5)6)69-71-65(101-55-27-19-51(20-28-55)45(9)10)39-59-68-60(78(90)86(77(59)89)62(36-42(3)4)82(94)98-34-32-96-80(92)48(14)84)40-66(102-56-29-21-52(22-30-56)46(11)12)72(74(68)71)70-64(38-58(76(85)88)67(57)73(69)70)100-54-25-17-50(18-26-54)44(7)8/h15-30,37-46,48,61-62H,13,31-36H2,1-12,14H3. The summed E-state index contributed by atoms with van der Waals surface area (Å²) >= 11 is 11.7. The van der Waals surface area contributed by atoms with Crippen LogP contribution in [0.1, 0.15) is 190 Å². The minimum atomic E-state index is -1.54. The first-order valence-electron chi connectivity index (χ1n) is 34.4. The lowest BCUT2D eigenvalue weighted by molar-refractivity contribution is -0.155. The van der Waals surface area contributed by atoms with Crippen LogP contribution in [0.4, 0.5) is 0 Å². The number of imide groups is 2. The van der Waals surface area contributed by atoms with Gasteiger partial charge in [-0.1, -0.05) is 150 Å². The van der Waals surface area contributed by atoms with E-state index in [9.17, 15) is 19.2 Å². The van der Waals surface area contributed by atoms with E-state index in [2.05, 4.69) is 62.0 Å². The van der Waals surface area contributed by atoms with Crippen molar-refractivity contribution in [2.24, 2.45) is 11.8 Å². The minimum absolute atomic E-state index is 0.0351. The first-order chi connectivity index (χ1) is 48.5. The molecule has 530 valence electrons. The Balaban J connectivity index is 1.29. The maximum absolute atomic E-state index is 16.2. The summed E-state index contributed by atoms with van der Waals surface area (Å²) in [7, 11) is 0. The number of amides is 4. The Morgan fingerprint density at radius 2 is 0.608 bits per heavy atom. The van der Waals surface area contributed by atoms with Gasteiger partial charge in [0.05, 0.1) is 22.3 Å². The third-order valence-electron chi connectivity index (χ3n) is 18.3. The molecule has 0 N–H and O–H groups in total. The van der Waals surface area contributed by atoms with Crippen molar-refractivity contribution in [3.05, 3.63) is 177 Å². The van der Waals surface area contributed by atoms with Gasteiger partial charge in [0.2, 0.25) is 0 Å². The van der Waals surface area contributed by atoms with Crippen molar-refractivity contribution in [2.45, 2.75) is 144 Å². The monoisotopic (exact) mass is 1420 g/mol. The highest BCUT2D eigenvalue weighted by Gasteiger charge is 2.47. The summed E-state index contributed by atoms with van der Waals surface area (Å²) in [5.41, 5.74) is 3.74. The van der Waals surface area contributed by atoms with Crippen molar-refractivity contribution in [3.63, 3.8) is 0 Å². The fourth-order valence-corrected chi connectivity index (χ4v) is 13.2. The van der Waals surface area contributed by atoms with Gasteiger partial charge in [-0.05, 0) is 150 Å². The van der Waals surface area contributed by atoms with Gasteiger partial charge < -0.3 is 37.9 Å². The summed E-state index contributed by atoms with van der Waals surface area (Å²) in [5.74, 6) is -5.75. The molecule has 0 saturated heterocycles. The Hall–Kier alpha value is -10.0. The van der Waals surface area contributed by atoms with Crippen LogP contribution in [-0.4, -0.2) is 101 Å². The molecule has 4 amide bonds. The van der Waals surface area contributed by atoms with Crippen molar-refractivity contribution < 1.29 is 76.3 Å². The molecule has 0 aromatic heterocycles. The Kier molecular flexibility index (Phi) is 21.7. The van der Waals surface area contributed by atoms with Gasteiger partial charge in [-0.25, -0.2) is 14.4 Å². The average molecular weight is 1420 g/mol. The van der Waals surface area contributed by atoms with Crippen molar-refractivity contribution in [2.75, 3.05) is 26.4 Å². The highest BCUT2D eigenvalue weighted by molar-refractivity contribution is 6.45. The maximum atomic E-state index is 16.2. The van der Waals surface area contributed by atoms with Crippen LogP contribution < -0.4 is 18.9 Å². The molecule has 11 rings (SSSR count). The zero-order valence-corrected chi connectivity index (χ0v) is 60.9. The molecule has 2 heterocycles. The number of fused-ring (bicyclic) bond motifs is 2. The van der Waals surface area contributed by atoms with E-state index in [1.165, 1.54) is 31.2 Å². The first-order valence-corrected chi connectivity index (χ1v) is 35.2. The molecule has 20 heteroatoms. The summed E-state index contributed by atoms with van der Waals surface area (Å²) in [6.07, 6.45) is -0.104. The second-order valence-corrected chi connectivity index (χ2v) is 29.0. The van der Waals surface area contributed by atoms with Crippen LogP contribution in [0.5, 0.6) is 46.0 Å². The Bertz CT molecular complexity index is 4550. The Labute approximate surface area is 602 Å². The molecular formula is C82H82Cl2N2O16. The number of rotatable bonds is 28. The largest absolute Gasteiger partial charge is 0.461 e. The highest BCUT2D eigenvalue weighted by Crippen LogP contribution is 2.58. The number of hydrogen-bond acceptors (Lipinski definition) is 16. The van der Waals surface area contributed by atoms with Gasteiger partial charge in [-0.2, -0.15) is 0 Å². The normalized spacial score (nSPS) is 13.9. The van der Waals surface area contributed by atoms with Crippen LogP contribution in [-0.2, 0) is 38.1 Å². The summed E-state index contributed by atoms with van der Waals surface area (Å²) in [6.45, 7) is 27.0. The zero-order chi connectivity index (χ0) is 73.4. The molecule has 0 radical (unpaired) electrons. The van der Waals surface area contributed by atoms with Crippen molar-refractivity contribution in [1.29, 1.82) is 0 Å². The van der Waals surface area contributed by atoms with E-state index in [-0.39, 0.29) is 148 Å². The van der Waals surface area contributed by atoms with E-state index in [0.29, 0.717) is 23.0 Å². The Morgan fingerprint density at radius 1 is 0.363 bits per heavy atom. The third-order valence-corrected chi connectivity index (χ3v) is 18.6. The fourth-order valence-electron chi connectivity index (χ4n) is 13.1. The zero-order valence-electron chi connectivity index (χ0n) is 59.4. The predicted octanol–water partition coefficient (Wildman–Crippen LogP) is 19.0. The van der Waals surface area contributed by atoms with Crippen LogP contribution in [0.3, 0.4) is 0 Å². The summed E-state index contributed by atoms with van der Waals surface area (Å²) in [5, 5.41) is 0.322. The van der Waals surface area contributed by atoms with E-state index in [1.807, 2.05) is 76.2 Å². The predicted molar refractivity (Wildman–Crippen MR) is 392 cm³/mol. The number of carbonyl (C=O) groups excluding carboxylic acids is 8. The van der Waals surface area contributed by atoms with E-state index >= 15 is 19.2 Å². The summed E-state index contributed by atoms with van der Waals surface area (Å²) in [6, 6.07) is 32.8. The van der Waals surface area contributed by atoms with Crippen LogP contribution in [0.25, 0.3) is 43.1 Å². The smallest absolute Gasteiger partial charge is 0.349 e. The van der Waals surface area contributed by atoms with Crippen molar-refractivity contribution >= 4 is 114 Å². The molecule has 0 bridgehead atoms. The van der Waals surface area contributed by atoms with Gasteiger partial charge in [0.15, 0.2) is 0 Å². The molecule has 9 aromatic carbocycles. The second-order valence-electron chi connectivity index (χ2n) is 27.9. The number of esters is 4. The number of halogens is 2. The maximum Gasteiger partial charge on any atom is 0.349 e. The molecule has 2 aliphatic heterocycles.